The van der Waals surface area contributed by atoms with Gasteiger partial charge in [0.1, 0.15) is 5.60 Å². The molecular weight excluding hydrogens is 292 g/mol. The van der Waals surface area contributed by atoms with Crippen LogP contribution in [0.3, 0.4) is 0 Å². The second-order valence-electron chi connectivity index (χ2n) is 8.66. The number of hydrogen-bond donors (Lipinski definition) is 1. The first-order valence-electron chi connectivity index (χ1n) is 8.67. The third-order valence-electron chi connectivity index (χ3n) is 7.85. The van der Waals surface area contributed by atoms with Crippen molar-refractivity contribution in [2.75, 3.05) is 0 Å². The molecule has 23 heavy (non-hydrogen) atoms. The highest BCUT2D eigenvalue weighted by Gasteiger charge is 2.80. The Balaban J connectivity index is 1.77. The van der Waals surface area contributed by atoms with Gasteiger partial charge in [0.15, 0.2) is 0 Å². The van der Waals surface area contributed by atoms with Gasteiger partial charge in [-0.1, -0.05) is 18.2 Å². The van der Waals surface area contributed by atoms with Crippen molar-refractivity contribution in [3.8, 4) is 0 Å². The number of esters is 1. The Kier molecular flexibility index (Phi) is 2.24. The Hall–Kier alpha value is -1.58. The van der Waals surface area contributed by atoms with E-state index in [1.165, 1.54) is 5.57 Å². The molecule has 0 aromatic carbocycles. The van der Waals surface area contributed by atoms with Gasteiger partial charge in [-0.15, -0.1) is 0 Å². The zero-order valence-corrected chi connectivity index (χ0v) is 13.4. The summed E-state index contributed by atoms with van der Waals surface area (Å²) >= 11 is 0. The molecule has 0 unspecified atom stereocenters. The van der Waals surface area contributed by atoms with Gasteiger partial charge in [-0.2, -0.15) is 0 Å². The molecule has 4 aliphatic carbocycles. The predicted octanol–water partition coefficient (Wildman–Crippen LogP) is 2.94. The average molecular weight is 314 g/mol. The van der Waals surface area contributed by atoms with Crippen LogP contribution in [0.15, 0.2) is 24.3 Å². The highest BCUT2D eigenvalue weighted by atomic mass is 16.6. The molecule has 4 bridgehead atoms. The van der Waals surface area contributed by atoms with Crippen LogP contribution in [0.5, 0.6) is 0 Å². The normalized spacial score (nSPS) is 55.5. The molecular formula is C19H22O4. The molecule has 3 saturated carbocycles. The van der Waals surface area contributed by atoms with E-state index in [9.17, 15) is 14.7 Å². The van der Waals surface area contributed by atoms with E-state index in [2.05, 4.69) is 12.7 Å². The monoisotopic (exact) mass is 314 g/mol. The van der Waals surface area contributed by atoms with Crippen molar-refractivity contribution >= 4 is 11.9 Å². The first kappa shape index (κ1) is 13.8. The molecule has 1 saturated heterocycles. The molecule has 0 aromatic rings. The fraction of sp³-hybridized carbons (Fsp3) is 0.684. The van der Waals surface area contributed by atoms with Crippen LogP contribution in [0.25, 0.3) is 0 Å². The van der Waals surface area contributed by atoms with Gasteiger partial charge in [-0.3, -0.25) is 9.59 Å². The summed E-state index contributed by atoms with van der Waals surface area (Å²) in [6.07, 6.45) is 8.38. The van der Waals surface area contributed by atoms with Gasteiger partial charge >= 0.3 is 11.9 Å². The van der Waals surface area contributed by atoms with Crippen molar-refractivity contribution in [3.05, 3.63) is 24.3 Å². The van der Waals surface area contributed by atoms with E-state index in [-0.39, 0.29) is 23.2 Å². The highest BCUT2D eigenvalue weighted by Crippen LogP contribution is 2.76. The molecule has 1 spiro atoms. The summed E-state index contributed by atoms with van der Waals surface area (Å²) < 4.78 is 6.01. The van der Waals surface area contributed by atoms with Gasteiger partial charge in [-0.05, 0) is 56.4 Å². The number of hydrogen-bond acceptors (Lipinski definition) is 3. The summed E-state index contributed by atoms with van der Waals surface area (Å²) in [5, 5.41) is 10.1. The van der Waals surface area contributed by atoms with Gasteiger partial charge in [-0.25, -0.2) is 0 Å². The molecule has 1 aliphatic heterocycles. The van der Waals surface area contributed by atoms with Crippen molar-refractivity contribution in [1.82, 2.24) is 0 Å². The molecule has 5 rings (SSSR count). The maximum absolute atomic E-state index is 12.6. The number of carbonyl (C=O) groups excluding carboxylic acids is 1. The second-order valence-corrected chi connectivity index (χ2v) is 8.66. The first-order chi connectivity index (χ1) is 10.9. The fourth-order valence-corrected chi connectivity index (χ4v) is 7.15. The van der Waals surface area contributed by atoms with E-state index >= 15 is 0 Å². The van der Waals surface area contributed by atoms with Crippen LogP contribution >= 0.6 is 0 Å². The molecule has 0 amide bonds. The van der Waals surface area contributed by atoms with Crippen LogP contribution in [0.2, 0.25) is 0 Å². The number of aliphatic carboxylic acids is 1. The summed E-state index contributed by atoms with van der Waals surface area (Å²) in [5.74, 6) is -1.12. The lowest BCUT2D eigenvalue weighted by Crippen LogP contribution is -2.44. The van der Waals surface area contributed by atoms with Crippen molar-refractivity contribution < 1.29 is 19.4 Å². The molecule has 0 aromatic heterocycles. The Morgan fingerprint density at radius 1 is 1.43 bits per heavy atom. The largest absolute Gasteiger partial charge is 0.481 e. The van der Waals surface area contributed by atoms with Gasteiger partial charge < -0.3 is 9.84 Å². The van der Waals surface area contributed by atoms with Crippen LogP contribution in [-0.4, -0.2) is 22.6 Å². The van der Waals surface area contributed by atoms with Gasteiger partial charge in [0.25, 0.3) is 0 Å². The fourth-order valence-electron chi connectivity index (χ4n) is 7.15. The summed E-state index contributed by atoms with van der Waals surface area (Å²) in [7, 11) is 0. The van der Waals surface area contributed by atoms with Gasteiger partial charge in [0.2, 0.25) is 0 Å². The number of ether oxygens (including phenoxy) is 1. The molecule has 4 nitrogen and oxygen atoms in total. The van der Waals surface area contributed by atoms with Crippen molar-refractivity contribution in [2.24, 2.45) is 34.5 Å². The molecule has 5 aliphatic rings. The Morgan fingerprint density at radius 3 is 2.96 bits per heavy atom. The van der Waals surface area contributed by atoms with E-state index in [0.717, 1.165) is 25.7 Å². The summed E-state index contributed by atoms with van der Waals surface area (Å²) in [6, 6.07) is 0. The number of carboxylic acids is 1. The number of fused-ring (bicyclic) bond motifs is 1. The van der Waals surface area contributed by atoms with Crippen molar-refractivity contribution in [1.29, 1.82) is 0 Å². The van der Waals surface area contributed by atoms with Gasteiger partial charge in [0.05, 0.1) is 11.3 Å². The third kappa shape index (κ3) is 1.25. The second kappa shape index (κ2) is 3.73. The minimum atomic E-state index is -0.753. The lowest BCUT2D eigenvalue weighted by atomic mass is 9.62. The average Bonchev–Trinajstić information content (AvgIpc) is 2.92. The van der Waals surface area contributed by atoms with E-state index in [1.54, 1.807) is 0 Å². The standard InChI is InChI=1S/C19H22O4/c1-10-8-18-9-11(10)4-5-12(18)19-7-3-6-17(2,16(22)23-19)14(19)13(18)15(20)21/h3,7,11-14H,1,4-6,8-9H2,2H3,(H,20,21)/t11-,12-,13-,14-,17-,18+,19-/m1/s1. The minimum Gasteiger partial charge on any atom is -0.481 e. The van der Waals surface area contributed by atoms with Crippen LogP contribution in [0, 0.1) is 34.5 Å². The summed E-state index contributed by atoms with van der Waals surface area (Å²) in [6.45, 7) is 6.15. The molecule has 7 atom stereocenters. The lowest BCUT2D eigenvalue weighted by Gasteiger charge is -2.42. The molecule has 1 heterocycles. The maximum atomic E-state index is 12.6. The van der Waals surface area contributed by atoms with Gasteiger partial charge in [0, 0.05) is 11.8 Å². The summed E-state index contributed by atoms with van der Waals surface area (Å²) in [4.78, 5) is 25.0. The molecule has 4 fully saturated rings. The molecule has 1 N–H and O–H groups in total. The predicted molar refractivity (Wildman–Crippen MR) is 82.3 cm³/mol. The molecule has 4 heteroatoms. The van der Waals surface area contributed by atoms with Crippen molar-refractivity contribution in [3.63, 3.8) is 0 Å². The Morgan fingerprint density at radius 2 is 2.22 bits per heavy atom. The van der Waals surface area contributed by atoms with E-state index in [0.29, 0.717) is 12.3 Å². The quantitative estimate of drug-likeness (QED) is 0.597. The summed E-state index contributed by atoms with van der Waals surface area (Å²) in [5.41, 5.74) is -0.441. The van der Waals surface area contributed by atoms with Crippen LogP contribution < -0.4 is 0 Å². The Labute approximate surface area is 135 Å². The van der Waals surface area contributed by atoms with E-state index in [4.69, 9.17) is 4.74 Å². The first-order valence-corrected chi connectivity index (χ1v) is 8.67. The number of carboxylic acid groups (broad SMARTS) is 1. The van der Waals surface area contributed by atoms with Crippen LogP contribution in [0.4, 0.5) is 0 Å². The SMILES string of the molecule is C=C1C[C@]23C[C@H]1CC[C@H]2[C@@]12C=CC[C@@](C)(C(=O)O1)[C@H]2[C@@H]3C(=O)O. The van der Waals surface area contributed by atoms with E-state index < -0.39 is 22.9 Å². The van der Waals surface area contributed by atoms with Crippen LogP contribution in [0.1, 0.15) is 39.0 Å². The third-order valence-corrected chi connectivity index (χ3v) is 7.85. The minimum absolute atomic E-state index is 0.124. The topological polar surface area (TPSA) is 63.6 Å². The molecule has 0 radical (unpaired) electrons. The number of rotatable bonds is 1. The number of carbonyl (C=O) groups is 2. The Bertz CT molecular complexity index is 693. The molecule has 122 valence electrons. The number of allylic oxidation sites excluding steroid dienone is 2. The van der Waals surface area contributed by atoms with E-state index in [1.807, 2.05) is 13.0 Å². The highest BCUT2D eigenvalue weighted by molar-refractivity contribution is 5.85. The smallest absolute Gasteiger partial charge is 0.313 e. The lowest BCUT2D eigenvalue weighted by molar-refractivity contribution is -0.158. The van der Waals surface area contributed by atoms with Crippen molar-refractivity contribution in [2.45, 2.75) is 44.6 Å². The zero-order chi connectivity index (χ0) is 16.2. The van der Waals surface area contributed by atoms with Crippen LogP contribution in [-0.2, 0) is 14.3 Å². The maximum Gasteiger partial charge on any atom is 0.313 e. The zero-order valence-electron chi connectivity index (χ0n) is 13.4.